The molecule has 0 saturated heterocycles. The van der Waals surface area contributed by atoms with E-state index in [1.165, 1.54) is 0 Å². The molecule has 1 aliphatic rings. The molecule has 0 unspecified atom stereocenters. The van der Waals surface area contributed by atoms with Gasteiger partial charge in [0.05, 0.1) is 16.6 Å². The number of carbonyl (C=O) groups excluding carboxylic acids is 1. The van der Waals surface area contributed by atoms with Gasteiger partial charge in [-0.3, -0.25) is 4.79 Å². The number of fused-ring (bicyclic) bond motifs is 1. The Kier molecular flexibility index (Phi) is 4.38. The standard InChI is InChI=1S/C16H22N4O2/c1-3-6-17-7-8-18-15(21)12-9-13(11-4-5-11)19-16-14(12)10(2)20-22-16/h9,11,17H,3-8H2,1-2H3,(H,18,21). The molecule has 22 heavy (non-hydrogen) atoms. The van der Waals surface area contributed by atoms with Gasteiger partial charge in [0.15, 0.2) is 0 Å². The van der Waals surface area contributed by atoms with Crippen molar-refractivity contribution in [3.63, 3.8) is 0 Å². The smallest absolute Gasteiger partial charge is 0.259 e. The summed E-state index contributed by atoms with van der Waals surface area (Å²) in [4.78, 5) is 17.0. The molecule has 2 N–H and O–H groups in total. The van der Waals surface area contributed by atoms with Gasteiger partial charge in [-0.1, -0.05) is 12.1 Å². The monoisotopic (exact) mass is 302 g/mol. The molecule has 2 aromatic heterocycles. The average Bonchev–Trinajstić information content (AvgIpc) is 3.30. The van der Waals surface area contributed by atoms with Gasteiger partial charge < -0.3 is 15.2 Å². The van der Waals surface area contributed by atoms with Crippen molar-refractivity contribution in [3.8, 4) is 0 Å². The lowest BCUT2D eigenvalue weighted by Crippen LogP contribution is -2.32. The molecular weight excluding hydrogens is 280 g/mol. The van der Waals surface area contributed by atoms with Gasteiger partial charge in [0.25, 0.3) is 11.6 Å². The highest BCUT2D eigenvalue weighted by Gasteiger charge is 2.28. The van der Waals surface area contributed by atoms with Gasteiger partial charge in [-0.05, 0) is 38.8 Å². The van der Waals surface area contributed by atoms with Crippen LogP contribution < -0.4 is 10.6 Å². The summed E-state index contributed by atoms with van der Waals surface area (Å²) in [5, 5.41) is 10.9. The highest BCUT2D eigenvalue weighted by atomic mass is 16.5. The summed E-state index contributed by atoms with van der Waals surface area (Å²) in [5.41, 5.74) is 2.74. The third-order valence-electron chi connectivity index (χ3n) is 3.89. The highest BCUT2D eigenvalue weighted by Crippen LogP contribution is 2.40. The van der Waals surface area contributed by atoms with E-state index >= 15 is 0 Å². The zero-order valence-electron chi connectivity index (χ0n) is 13.1. The fourth-order valence-corrected chi connectivity index (χ4v) is 2.54. The molecule has 1 aliphatic carbocycles. The number of hydrogen-bond donors (Lipinski definition) is 2. The molecule has 2 heterocycles. The Bertz CT molecular complexity index is 676. The van der Waals surface area contributed by atoms with E-state index < -0.39 is 0 Å². The molecule has 0 aliphatic heterocycles. The maximum Gasteiger partial charge on any atom is 0.259 e. The molecule has 0 aromatic carbocycles. The van der Waals surface area contributed by atoms with Crippen LogP contribution in [0.5, 0.6) is 0 Å². The Balaban J connectivity index is 1.78. The maximum atomic E-state index is 12.5. The minimum Gasteiger partial charge on any atom is -0.351 e. The van der Waals surface area contributed by atoms with Crippen LogP contribution in [0.25, 0.3) is 11.1 Å². The van der Waals surface area contributed by atoms with E-state index in [1.54, 1.807) is 0 Å². The molecule has 6 heteroatoms. The van der Waals surface area contributed by atoms with Crippen LogP contribution in [0.4, 0.5) is 0 Å². The second-order valence-electron chi connectivity index (χ2n) is 5.82. The number of aromatic nitrogens is 2. The van der Waals surface area contributed by atoms with Gasteiger partial charge in [0.1, 0.15) is 0 Å². The van der Waals surface area contributed by atoms with Crippen LogP contribution in [0.2, 0.25) is 0 Å². The Labute approximate surface area is 129 Å². The van der Waals surface area contributed by atoms with Gasteiger partial charge in [0.2, 0.25) is 0 Å². The normalized spacial score (nSPS) is 14.5. The zero-order chi connectivity index (χ0) is 15.5. The highest BCUT2D eigenvalue weighted by molar-refractivity contribution is 6.06. The first-order valence-electron chi connectivity index (χ1n) is 7.96. The summed E-state index contributed by atoms with van der Waals surface area (Å²) in [6.45, 7) is 6.29. The summed E-state index contributed by atoms with van der Waals surface area (Å²) in [6.07, 6.45) is 3.35. The van der Waals surface area contributed by atoms with Crippen molar-refractivity contribution in [1.29, 1.82) is 0 Å². The number of pyridine rings is 1. The van der Waals surface area contributed by atoms with Gasteiger partial charge in [-0.2, -0.15) is 0 Å². The van der Waals surface area contributed by atoms with Crippen LogP contribution in [0.15, 0.2) is 10.6 Å². The van der Waals surface area contributed by atoms with Gasteiger partial charge >= 0.3 is 0 Å². The molecule has 0 bridgehead atoms. The summed E-state index contributed by atoms with van der Waals surface area (Å²) in [7, 11) is 0. The summed E-state index contributed by atoms with van der Waals surface area (Å²) < 4.78 is 5.26. The van der Waals surface area contributed by atoms with E-state index in [9.17, 15) is 4.79 Å². The van der Waals surface area contributed by atoms with Crippen molar-refractivity contribution in [3.05, 3.63) is 23.0 Å². The van der Waals surface area contributed by atoms with Gasteiger partial charge in [-0.15, -0.1) is 0 Å². The number of aryl methyl sites for hydroxylation is 1. The number of nitrogens with zero attached hydrogens (tertiary/aromatic N) is 2. The average molecular weight is 302 g/mol. The summed E-state index contributed by atoms with van der Waals surface area (Å²) >= 11 is 0. The topological polar surface area (TPSA) is 80.0 Å². The first-order valence-corrected chi connectivity index (χ1v) is 7.96. The molecule has 1 fully saturated rings. The van der Waals surface area contributed by atoms with E-state index in [2.05, 4.69) is 27.7 Å². The Morgan fingerprint density at radius 1 is 1.36 bits per heavy atom. The lowest BCUT2D eigenvalue weighted by molar-refractivity contribution is 0.0955. The molecule has 0 spiro atoms. The second-order valence-corrected chi connectivity index (χ2v) is 5.82. The molecule has 118 valence electrons. The van der Waals surface area contributed by atoms with Crippen LogP contribution >= 0.6 is 0 Å². The van der Waals surface area contributed by atoms with Crippen LogP contribution in [0.3, 0.4) is 0 Å². The second kappa shape index (κ2) is 6.44. The predicted octanol–water partition coefficient (Wildman–Crippen LogP) is 2.14. The molecule has 6 nitrogen and oxygen atoms in total. The first-order chi connectivity index (χ1) is 10.7. The molecule has 3 rings (SSSR count). The van der Waals surface area contributed by atoms with E-state index in [4.69, 9.17) is 4.52 Å². The van der Waals surface area contributed by atoms with E-state index in [1.807, 2.05) is 13.0 Å². The van der Waals surface area contributed by atoms with Crippen molar-refractivity contribution in [2.24, 2.45) is 0 Å². The Hall–Kier alpha value is -1.95. The van der Waals surface area contributed by atoms with Crippen molar-refractivity contribution in [2.75, 3.05) is 19.6 Å². The van der Waals surface area contributed by atoms with E-state index in [0.717, 1.165) is 43.4 Å². The SMILES string of the molecule is CCCNCCNC(=O)c1cc(C2CC2)nc2onc(C)c12. The Morgan fingerprint density at radius 2 is 2.18 bits per heavy atom. The molecular formula is C16H22N4O2. The van der Waals surface area contributed by atoms with E-state index in [-0.39, 0.29) is 5.91 Å². The van der Waals surface area contributed by atoms with E-state index in [0.29, 0.717) is 29.4 Å². The maximum absolute atomic E-state index is 12.5. The number of carbonyl (C=O) groups is 1. The molecule has 2 aromatic rings. The lowest BCUT2D eigenvalue weighted by atomic mass is 10.1. The molecule has 0 radical (unpaired) electrons. The van der Waals surface area contributed by atoms with Crippen molar-refractivity contribution >= 4 is 17.0 Å². The third-order valence-corrected chi connectivity index (χ3v) is 3.89. The first kappa shape index (κ1) is 15.0. The van der Waals surface area contributed by atoms with Gasteiger partial charge in [0, 0.05) is 24.7 Å². The predicted molar refractivity (Wildman–Crippen MR) is 84.0 cm³/mol. The van der Waals surface area contributed by atoms with Crippen molar-refractivity contribution in [2.45, 2.75) is 39.0 Å². The molecule has 0 atom stereocenters. The third kappa shape index (κ3) is 3.11. The van der Waals surface area contributed by atoms with Crippen molar-refractivity contribution in [1.82, 2.24) is 20.8 Å². The zero-order valence-corrected chi connectivity index (χ0v) is 13.1. The Morgan fingerprint density at radius 3 is 2.91 bits per heavy atom. The number of rotatable bonds is 7. The largest absolute Gasteiger partial charge is 0.351 e. The minimum atomic E-state index is -0.0844. The van der Waals surface area contributed by atoms with Crippen LogP contribution in [-0.4, -0.2) is 35.7 Å². The van der Waals surface area contributed by atoms with Crippen LogP contribution in [0, 0.1) is 6.92 Å². The fourth-order valence-electron chi connectivity index (χ4n) is 2.54. The fraction of sp³-hybridized carbons (Fsp3) is 0.562. The molecule has 1 amide bonds. The lowest BCUT2D eigenvalue weighted by Gasteiger charge is -2.08. The van der Waals surface area contributed by atoms with Gasteiger partial charge in [-0.25, -0.2) is 4.98 Å². The summed E-state index contributed by atoms with van der Waals surface area (Å²) in [6, 6.07) is 1.90. The molecule has 1 saturated carbocycles. The quantitative estimate of drug-likeness (QED) is 0.766. The minimum absolute atomic E-state index is 0.0844. The number of hydrogen-bond acceptors (Lipinski definition) is 5. The van der Waals surface area contributed by atoms with Crippen molar-refractivity contribution < 1.29 is 9.32 Å². The van der Waals surface area contributed by atoms with Crippen LogP contribution in [-0.2, 0) is 0 Å². The number of nitrogens with one attached hydrogen (secondary N) is 2. The number of amides is 1. The van der Waals surface area contributed by atoms with Crippen LogP contribution in [0.1, 0.15) is 53.8 Å². The summed E-state index contributed by atoms with van der Waals surface area (Å²) in [5.74, 6) is 0.381.